The average Bonchev–Trinajstić information content (AvgIpc) is 2.62. The van der Waals surface area contributed by atoms with E-state index in [2.05, 4.69) is 19.2 Å². The lowest BCUT2D eigenvalue weighted by Gasteiger charge is -2.30. The molecule has 0 amide bonds. The summed E-state index contributed by atoms with van der Waals surface area (Å²) < 4.78 is 0. The minimum absolute atomic E-state index is 0.139. The molecule has 2 bridgehead atoms. The SMILES string of the molecule is CC(C)[C@@H](O)[C@H]1N[C@H]2CC[C@@H]1C2. The van der Waals surface area contributed by atoms with Crippen LogP contribution in [0.4, 0.5) is 0 Å². The van der Waals surface area contributed by atoms with Crippen molar-refractivity contribution in [1.82, 2.24) is 5.32 Å². The molecule has 2 fully saturated rings. The summed E-state index contributed by atoms with van der Waals surface area (Å²) in [5.74, 6) is 1.15. The molecule has 2 aliphatic rings. The molecule has 1 heterocycles. The number of fused-ring (bicyclic) bond motifs is 2. The molecule has 0 spiro atoms. The molecular formula is C10H19NO. The molecule has 1 aliphatic heterocycles. The van der Waals surface area contributed by atoms with Gasteiger partial charge >= 0.3 is 0 Å². The van der Waals surface area contributed by atoms with Crippen LogP contribution in [0.1, 0.15) is 33.1 Å². The van der Waals surface area contributed by atoms with Crippen molar-refractivity contribution in [2.24, 2.45) is 11.8 Å². The molecule has 2 rings (SSSR count). The van der Waals surface area contributed by atoms with E-state index in [1.54, 1.807) is 0 Å². The van der Waals surface area contributed by atoms with Gasteiger partial charge in [-0.05, 0) is 31.1 Å². The van der Waals surface area contributed by atoms with Crippen molar-refractivity contribution in [1.29, 1.82) is 0 Å². The first-order valence-electron chi connectivity index (χ1n) is 5.12. The minimum atomic E-state index is -0.139. The van der Waals surface area contributed by atoms with E-state index in [1.165, 1.54) is 19.3 Å². The topological polar surface area (TPSA) is 32.3 Å². The number of hydrogen-bond donors (Lipinski definition) is 2. The first-order valence-corrected chi connectivity index (χ1v) is 5.12. The van der Waals surface area contributed by atoms with Gasteiger partial charge in [0, 0.05) is 12.1 Å². The molecule has 0 radical (unpaired) electrons. The molecule has 12 heavy (non-hydrogen) atoms. The third kappa shape index (κ3) is 1.27. The number of aliphatic hydroxyl groups excluding tert-OH is 1. The zero-order valence-corrected chi connectivity index (χ0v) is 7.96. The molecule has 1 aliphatic carbocycles. The van der Waals surface area contributed by atoms with Crippen LogP contribution >= 0.6 is 0 Å². The van der Waals surface area contributed by atoms with Gasteiger partial charge in [0.25, 0.3) is 0 Å². The number of piperidine rings is 1. The zero-order valence-electron chi connectivity index (χ0n) is 7.96. The Hall–Kier alpha value is -0.0800. The molecule has 4 atom stereocenters. The number of hydrogen-bond acceptors (Lipinski definition) is 2. The van der Waals surface area contributed by atoms with Crippen LogP contribution in [0, 0.1) is 11.8 Å². The van der Waals surface area contributed by atoms with E-state index >= 15 is 0 Å². The smallest absolute Gasteiger partial charge is 0.0718 e. The van der Waals surface area contributed by atoms with E-state index in [0.717, 1.165) is 5.92 Å². The van der Waals surface area contributed by atoms with E-state index in [0.29, 0.717) is 18.0 Å². The maximum absolute atomic E-state index is 9.89. The zero-order chi connectivity index (χ0) is 8.72. The maximum atomic E-state index is 9.89. The summed E-state index contributed by atoms with van der Waals surface area (Å²) in [7, 11) is 0. The van der Waals surface area contributed by atoms with Crippen LogP contribution in [0.2, 0.25) is 0 Å². The normalized spacial score (nSPS) is 42.5. The van der Waals surface area contributed by atoms with Crippen molar-refractivity contribution < 1.29 is 5.11 Å². The second-order valence-electron chi connectivity index (χ2n) is 4.70. The molecule has 70 valence electrons. The standard InChI is InChI=1S/C10H19NO/c1-6(2)10(12)9-7-3-4-8(5-7)11-9/h6-12H,3-5H2,1-2H3/t7-,8+,9+,10-/m1/s1. The predicted octanol–water partition coefficient (Wildman–Crippen LogP) is 1.14. The minimum Gasteiger partial charge on any atom is -0.391 e. The molecular weight excluding hydrogens is 150 g/mol. The highest BCUT2D eigenvalue weighted by Gasteiger charge is 2.42. The molecule has 1 saturated heterocycles. The van der Waals surface area contributed by atoms with E-state index in [1.807, 2.05) is 0 Å². The van der Waals surface area contributed by atoms with Gasteiger partial charge in [-0.1, -0.05) is 13.8 Å². The lowest BCUT2D eigenvalue weighted by atomic mass is 9.89. The Balaban J connectivity index is 1.97. The van der Waals surface area contributed by atoms with Crippen LogP contribution in [0.3, 0.4) is 0 Å². The molecule has 0 unspecified atom stereocenters. The van der Waals surface area contributed by atoms with Crippen LogP contribution in [-0.4, -0.2) is 23.3 Å². The summed E-state index contributed by atoms with van der Waals surface area (Å²) in [6.45, 7) is 4.19. The summed E-state index contributed by atoms with van der Waals surface area (Å²) >= 11 is 0. The van der Waals surface area contributed by atoms with Crippen molar-refractivity contribution in [3.63, 3.8) is 0 Å². The predicted molar refractivity (Wildman–Crippen MR) is 48.9 cm³/mol. The van der Waals surface area contributed by atoms with Crippen LogP contribution in [0.25, 0.3) is 0 Å². The van der Waals surface area contributed by atoms with Gasteiger partial charge in [-0.15, -0.1) is 0 Å². The fourth-order valence-corrected chi connectivity index (χ4v) is 2.69. The van der Waals surface area contributed by atoms with Gasteiger partial charge < -0.3 is 10.4 Å². The fourth-order valence-electron chi connectivity index (χ4n) is 2.69. The highest BCUT2D eigenvalue weighted by atomic mass is 16.3. The Bertz CT molecular complexity index is 169. The monoisotopic (exact) mass is 169 g/mol. The highest BCUT2D eigenvalue weighted by molar-refractivity contribution is 5.00. The maximum Gasteiger partial charge on any atom is 0.0718 e. The van der Waals surface area contributed by atoms with E-state index < -0.39 is 0 Å². The molecule has 0 aromatic heterocycles. The second-order valence-corrected chi connectivity index (χ2v) is 4.70. The second kappa shape index (κ2) is 3.00. The molecule has 0 aromatic rings. The van der Waals surface area contributed by atoms with Gasteiger partial charge in [-0.3, -0.25) is 0 Å². The number of aliphatic hydroxyl groups is 1. The Morgan fingerprint density at radius 3 is 2.50 bits per heavy atom. The van der Waals surface area contributed by atoms with E-state index in [-0.39, 0.29) is 6.10 Å². The van der Waals surface area contributed by atoms with Gasteiger partial charge in [0.1, 0.15) is 0 Å². The lowest BCUT2D eigenvalue weighted by molar-refractivity contribution is 0.0655. The van der Waals surface area contributed by atoms with Gasteiger partial charge in [0.15, 0.2) is 0 Å². The summed E-state index contributed by atoms with van der Waals surface area (Å²) in [5.41, 5.74) is 0. The molecule has 0 aromatic carbocycles. The van der Waals surface area contributed by atoms with Crippen molar-refractivity contribution in [2.75, 3.05) is 0 Å². The third-order valence-electron chi connectivity index (χ3n) is 3.46. The van der Waals surface area contributed by atoms with Crippen LogP contribution in [0.15, 0.2) is 0 Å². The summed E-state index contributed by atoms with van der Waals surface area (Å²) in [6.07, 6.45) is 3.81. The Morgan fingerprint density at radius 2 is 2.08 bits per heavy atom. The molecule has 2 nitrogen and oxygen atoms in total. The van der Waals surface area contributed by atoms with Gasteiger partial charge in [-0.25, -0.2) is 0 Å². The Labute approximate surface area is 74.4 Å². The number of rotatable bonds is 2. The Morgan fingerprint density at radius 1 is 1.33 bits per heavy atom. The fraction of sp³-hybridized carbons (Fsp3) is 1.00. The average molecular weight is 169 g/mol. The molecule has 2 N–H and O–H groups in total. The van der Waals surface area contributed by atoms with Crippen molar-refractivity contribution in [3.8, 4) is 0 Å². The van der Waals surface area contributed by atoms with Crippen molar-refractivity contribution in [2.45, 2.75) is 51.3 Å². The van der Waals surface area contributed by atoms with Crippen molar-refractivity contribution >= 4 is 0 Å². The van der Waals surface area contributed by atoms with Crippen LogP contribution in [0.5, 0.6) is 0 Å². The summed E-state index contributed by atoms with van der Waals surface area (Å²) in [6, 6.07) is 1.11. The van der Waals surface area contributed by atoms with Gasteiger partial charge in [-0.2, -0.15) is 0 Å². The highest BCUT2D eigenvalue weighted by Crippen LogP contribution is 2.37. The van der Waals surface area contributed by atoms with E-state index in [4.69, 9.17) is 0 Å². The first-order chi connectivity index (χ1) is 5.68. The van der Waals surface area contributed by atoms with Gasteiger partial charge in [0.2, 0.25) is 0 Å². The summed E-state index contributed by atoms with van der Waals surface area (Å²) in [4.78, 5) is 0. The first kappa shape index (κ1) is 8.52. The summed E-state index contributed by atoms with van der Waals surface area (Å²) in [5, 5.41) is 13.4. The van der Waals surface area contributed by atoms with Gasteiger partial charge in [0.05, 0.1) is 6.10 Å². The van der Waals surface area contributed by atoms with Crippen LogP contribution < -0.4 is 5.32 Å². The molecule has 2 heteroatoms. The lowest BCUT2D eigenvalue weighted by Crippen LogP contribution is -2.46. The number of nitrogens with one attached hydrogen (secondary N) is 1. The third-order valence-corrected chi connectivity index (χ3v) is 3.46. The quantitative estimate of drug-likeness (QED) is 0.650. The van der Waals surface area contributed by atoms with Crippen LogP contribution in [-0.2, 0) is 0 Å². The molecule has 1 saturated carbocycles. The Kier molecular flexibility index (Phi) is 2.13. The van der Waals surface area contributed by atoms with Crippen molar-refractivity contribution in [3.05, 3.63) is 0 Å². The largest absolute Gasteiger partial charge is 0.391 e. The van der Waals surface area contributed by atoms with E-state index in [9.17, 15) is 5.11 Å².